The molecule has 0 aliphatic rings. The van der Waals surface area contributed by atoms with Crippen LogP contribution in [0.1, 0.15) is 10.4 Å². The summed E-state index contributed by atoms with van der Waals surface area (Å²) in [5.74, 6) is -1.67. The zero-order valence-corrected chi connectivity index (χ0v) is 14.1. The molecule has 0 aromatic heterocycles. The molecule has 9 heteroatoms. The Hall–Kier alpha value is -1.19. The topological polar surface area (TPSA) is 110 Å². The third-order valence-corrected chi connectivity index (χ3v) is 3.00. The maximum atomic E-state index is 11.6. The van der Waals surface area contributed by atoms with E-state index in [-0.39, 0.29) is 48.3 Å². The number of benzene rings is 1. The van der Waals surface area contributed by atoms with Gasteiger partial charge < -0.3 is 14.0 Å². The van der Waals surface area contributed by atoms with Crippen LogP contribution in [0.2, 0.25) is 0 Å². The Bertz CT molecular complexity index is 624. The van der Waals surface area contributed by atoms with Gasteiger partial charge in [-0.2, -0.15) is 0 Å². The second kappa shape index (κ2) is 8.96. The van der Waals surface area contributed by atoms with E-state index in [9.17, 15) is 22.6 Å². The number of carbonyl (C=O) groups excluding carboxylic acids is 2. The van der Waals surface area contributed by atoms with Gasteiger partial charge in [0, 0.05) is 6.08 Å². The van der Waals surface area contributed by atoms with Crippen LogP contribution in [0.15, 0.2) is 41.8 Å². The molecule has 0 aliphatic carbocycles. The molecule has 0 atom stereocenters. The molecule has 0 spiro atoms. The quantitative estimate of drug-likeness (QED) is 0.187. The van der Waals surface area contributed by atoms with Crippen molar-refractivity contribution >= 4 is 22.1 Å². The van der Waals surface area contributed by atoms with Crippen molar-refractivity contribution in [2.24, 2.45) is 0 Å². The van der Waals surface area contributed by atoms with Gasteiger partial charge in [0.05, 0.1) is 10.5 Å². The fraction of sp³-hybridized carbons (Fsp3) is 0.167. The fourth-order valence-electron chi connectivity index (χ4n) is 1.27. The molecule has 0 fully saturated rings. The third-order valence-electron chi connectivity index (χ3n) is 2.10. The Morgan fingerprint density at radius 2 is 1.76 bits per heavy atom. The normalized spacial score (nSPS) is 10.1. The Morgan fingerprint density at radius 3 is 2.33 bits per heavy atom. The number of rotatable bonds is 6. The number of carbonyl (C=O) groups is 2. The minimum Gasteiger partial charge on any atom is -0.744 e. The summed E-state index contributed by atoms with van der Waals surface area (Å²) in [5, 5.41) is 0. The van der Waals surface area contributed by atoms with Crippen molar-refractivity contribution in [2.75, 3.05) is 13.2 Å². The Balaban J connectivity index is 0.00000400. The van der Waals surface area contributed by atoms with E-state index in [4.69, 9.17) is 4.74 Å². The summed E-state index contributed by atoms with van der Waals surface area (Å²) in [6, 6.07) is 4.87. The number of ether oxygens (including phenoxy) is 2. The van der Waals surface area contributed by atoms with Crippen molar-refractivity contribution < 1.29 is 61.6 Å². The smallest absolute Gasteiger partial charge is 0.744 e. The SMILES string of the molecule is C=CC(=O)OCCOC(=O)c1ccccc1S(=O)(=O)[O-].[Na+]. The van der Waals surface area contributed by atoms with Crippen LogP contribution in [0.5, 0.6) is 0 Å². The molecule has 0 N–H and O–H groups in total. The molecule has 21 heavy (non-hydrogen) atoms. The number of hydrogen-bond acceptors (Lipinski definition) is 7. The van der Waals surface area contributed by atoms with Crippen LogP contribution in [0.25, 0.3) is 0 Å². The van der Waals surface area contributed by atoms with Crippen LogP contribution < -0.4 is 29.6 Å². The van der Waals surface area contributed by atoms with Gasteiger partial charge in [-0.1, -0.05) is 18.7 Å². The van der Waals surface area contributed by atoms with Gasteiger partial charge in [0.2, 0.25) is 0 Å². The van der Waals surface area contributed by atoms with Crippen LogP contribution in [0, 0.1) is 0 Å². The molecule has 0 unspecified atom stereocenters. The first-order chi connectivity index (χ1) is 9.36. The van der Waals surface area contributed by atoms with Gasteiger partial charge in [0.15, 0.2) is 0 Å². The zero-order valence-electron chi connectivity index (χ0n) is 11.3. The molecule has 0 amide bonds. The van der Waals surface area contributed by atoms with E-state index in [0.717, 1.165) is 18.2 Å². The first-order valence-electron chi connectivity index (χ1n) is 5.37. The fourth-order valence-corrected chi connectivity index (χ4v) is 1.93. The summed E-state index contributed by atoms with van der Waals surface area (Å²) in [6.07, 6.45) is 0.946. The van der Waals surface area contributed by atoms with Gasteiger partial charge in [-0.3, -0.25) is 0 Å². The van der Waals surface area contributed by atoms with Crippen LogP contribution in [-0.2, 0) is 24.4 Å². The Morgan fingerprint density at radius 1 is 1.19 bits per heavy atom. The van der Waals surface area contributed by atoms with E-state index in [0.29, 0.717) is 0 Å². The van der Waals surface area contributed by atoms with Gasteiger partial charge in [0.25, 0.3) is 0 Å². The molecule has 0 aliphatic heterocycles. The molecule has 0 radical (unpaired) electrons. The van der Waals surface area contributed by atoms with E-state index in [1.54, 1.807) is 0 Å². The van der Waals surface area contributed by atoms with Crippen LogP contribution >= 0.6 is 0 Å². The molecular weight excluding hydrogens is 311 g/mol. The molecular formula is C12H11NaO7S. The average molecular weight is 322 g/mol. The second-order valence-electron chi connectivity index (χ2n) is 3.46. The van der Waals surface area contributed by atoms with Crippen LogP contribution in [0.4, 0.5) is 0 Å². The molecule has 108 valence electrons. The summed E-state index contributed by atoms with van der Waals surface area (Å²) in [6.45, 7) is 2.70. The molecule has 1 rings (SSSR count). The van der Waals surface area contributed by atoms with Crippen LogP contribution in [-0.4, -0.2) is 38.1 Å². The summed E-state index contributed by atoms with van der Waals surface area (Å²) in [5.41, 5.74) is -0.363. The molecule has 0 heterocycles. The molecule has 0 saturated heterocycles. The summed E-state index contributed by atoms with van der Waals surface area (Å²) in [4.78, 5) is 21.7. The van der Waals surface area contributed by atoms with Crippen molar-refractivity contribution in [3.05, 3.63) is 42.5 Å². The van der Waals surface area contributed by atoms with E-state index >= 15 is 0 Å². The maximum absolute atomic E-state index is 11.6. The first-order valence-corrected chi connectivity index (χ1v) is 6.78. The molecule has 0 saturated carbocycles. The van der Waals surface area contributed by atoms with E-state index in [1.165, 1.54) is 12.1 Å². The van der Waals surface area contributed by atoms with Crippen molar-refractivity contribution in [1.29, 1.82) is 0 Å². The van der Waals surface area contributed by atoms with Gasteiger partial charge in [0.1, 0.15) is 23.3 Å². The first kappa shape index (κ1) is 19.8. The monoisotopic (exact) mass is 322 g/mol. The second-order valence-corrected chi connectivity index (χ2v) is 4.81. The Kier molecular flexibility index (Phi) is 8.45. The van der Waals surface area contributed by atoms with Gasteiger partial charge in [-0.15, -0.1) is 0 Å². The zero-order chi connectivity index (χ0) is 15.2. The van der Waals surface area contributed by atoms with Crippen LogP contribution in [0.3, 0.4) is 0 Å². The molecule has 7 nitrogen and oxygen atoms in total. The summed E-state index contributed by atoms with van der Waals surface area (Å²) >= 11 is 0. The molecule has 1 aromatic rings. The van der Waals surface area contributed by atoms with Gasteiger partial charge >= 0.3 is 41.5 Å². The standard InChI is InChI=1S/C12H12O7S.Na/c1-2-11(13)18-7-8-19-12(14)9-5-3-4-6-10(9)20(15,16)17;/h2-6H,1,7-8H2,(H,15,16,17);/q;+1/p-1. The molecule has 0 bridgehead atoms. The summed E-state index contributed by atoms with van der Waals surface area (Å²) in [7, 11) is -4.78. The third kappa shape index (κ3) is 6.40. The maximum Gasteiger partial charge on any atom is 1.00 e. The van der Waals surface area contributed by atoms with Gasteiger partial charge in [-0.05, 0) is 12.1 Å². The van der Waals surface area contributed by atoms with E-state index in [2.05, 4.69) is 11.3 Å². The predicted molar refractivity (Wildman–Crippen MR) is 65.8 cm³/mol. The summed E-state index contributed by atoms with van der Waals surface area (Å²) < 4.78 is 42.2. The van der Waals surface area contributed by atoms with Crippen molar-refractivity contribution in [2.45, 2.75) is 4.90 Å². The number of hydrogen-bond donors (Lipinski definition) is 0. The van der Waals surface area contributed by atoms with Crippen molar-refractivity contribution in [1.82, 2.24) is 0 Å². The predicted octanol–water partition coefficient (Wildman–Crippen LogP) is -2.52. The van der Waals surface area contributed by atoms with Crippen molar-refractivity contribution in [3.63, 3.8) is 0 Å². The van der Waals surface area contributed by atoms with E-state index in [1.807, 2.05) is 0 Å². The van der Waals surface area contributed by atoms with Crippen molar-refractivity contribution in [3.8, 4) is 0 Å². The van der Waals surface area contributed by atoms with E-state index < -0.39 is 27.0 Å². The average Bonchev–Trinajstić information content (AvgIpc) is 2.42. The number of esters is 2. The Labute approximate surface area is 144 Å². The minimum absolute atomic E-state index is 0. The minimum atomic E-state index is -4.78. The van der Waals surface area contributed by atoms with Gasteiger partial charge in [-0.25, -0.2) is 18.0 Å². The molecule has 1 aromatic carbocycles. The largest absolute Gasteiger partial charge is 1.00 e.